The summed E-state index contributed by atoms with van der Waals surface area (Å²) in [6, 6.07) is 12.6. The number of anilines is 1. The highest BCUT2D eigenvalue weighted by atomic mass is 35.5. The minimum atomic E-state index is -0.687. The third kappa shape index (κ3) is 13.0. The van der Waals surface area contributed by atoms with Gasteiger partial charge in [0, 0.05) is 43.5 Å². The van der Waals surface area contributed by atoms with Gasteiger partial charge in [0.25, 0.3) is 0 Å². The second-order valence-electron chi connectivity index (χ2n) is 10.3. The lowest BCUT2D eigenvalue weighted by Gasteiger charge is -2.39. The second kappa shape index (κ2) is 22.0. The van der Waals surface area contributed by atoms with Gasteiger partial charge in [0.15, 0.2) is 0 Å². The van der Waals surface area contributed by atoms with E-state index in [1.807, 2.05) is 35.4 Å². The van der Waals surface area contributed by atoms with Crippen LogP contribution in [0.4, 0.5) is 10.1 Å². The zero-order valence-electron chi connectivity index (χ0n) is 25.2. The molecule has 262 valence electrons. The Balaban J connectivity index is 0. The van der Waals surface area contributed by atoms with Crippen LogP contribution in [0, 0.1) is 5.82 Å². The van der Waals surface area contributed by atoms with Gasteiger partial charge >= 0.3 is 0 Å². The topological polar surface area (TPSA) is 198 Å². The number of piperazine rings is 1. The summed E-state index contributed by atoms with van der Waals surface area (Å²) in [6.07, 6.45) is 6.11. The largest absolute Gasteiger partial charge is 0.412 e. The predicted octanol–water partition coefficient (Wildman–Crippen LogP) is 3.65. The Kier molecular flexibility index (Phi) is 21.7. The first-order chi connectivity index (χ1) is 20.1. The van der Waals surface area contributed by atoms with Crippen molar-refractivity contribution in [2.45, 2.75) is 31.2 Å². The molecule has 0 bridgehead atoms. The summed E-state index contributed by atoms with van der Waals surface area (Å²) in [5.74, 6) is -1.70. The zero-order valence-corrected chi connectivity index (χ0v) is 29.1. The van der Waals surface area contributed by atoms with E-state index in [1.165, 1.54) is 24.3 Å². The summed E-state index contributed by atoms with van der Waals surface area (Å²) < 4.78 is 13.5. The second-order valence-corrected chi connectivity index (χ2v) is 11.1. The van der Waals surface area contributed by atoms with Crippen LogP contribution in [0.5, 0.6) is 0 Å². The number of nitrogens with zero attached hydrogens (tertiary/aromatic N) is 3. The summed E-state index contributed by atoms with van der Waals surface area (Å²) >= 11 is 12.4. The van der Waals surface area contributed by atoms with Gasteiger partial charge in [-0.05, 0) is 60.8 Å². The van der Waals surface area contributed by atoms with Gasteiger partial charge in [-0.3, -0.25) is 29.2 Å². The maximum absolute atomic E-state index is 13.5. The average molecular weight is 761 g/mol. The number of amides is 3. The molecule has 2 aromatic carbocycles. The highest BCUT2D eigenvalue weighted by Gasteiger charge is 2.31. The number of unbranched alkanes of at least 4 members (excludes halogenated alkanes) is 1. The van der Waals surface area contributed by atoms with Crippen molar-refractivity contribution in [3.8, 4) is 0 Å². The van der Waals surface area contributed by atoms with Crippen LogP contribution in [0.25, 0.3) is 0 Å². The molecule has 0 spiro atoms. The van der Waals surface area contributed by atoms with Gasteiger partial charge in [-0.25, -0.2) is 4.39 Å². The summed E-state index contributed by atoms with van der Waals surface area (Å²) in [7, 11) is 0. The fourth-order valence-electron chi connectivity index (χ4n) is 5.24. The maximum atomic E-state index is 13.5. The van der Waals surface area contributed by atoms with Crippen LogP contribution >= 0.6 is 60.4 Å². The van der Waals surface area contributed by atoms with Crippen LogP contribution in [0.3, 0.4) is 0 Å². The van der Waals surface area contributed by atoms with E-state index >= 15 is 0 Å². The van der Waals surface area contributed by atoms with Gasteiger partial charge in [-0.2, -0.15) is 0 Å². The SMILES string of the molecule is Cl.Cl.Cl.NC(=O)c1cc(Cl)c(NC(=O)CN2CCN(CCCCC(c3ccc(F)cc3)c3cccnc3)C(C(N)=O)C2)c(Cl)c1.O.O. The Morgan fingerprint density at radius 2 is 1.60 bits per heavy atom. The van der Waals surface area contributed by atoms with E-state index < -0.39 is 17.9 Å². The number of primary amides is 2. The molecule has 47 heavy (non-hydrogen) atoms. The molecule has 1 aliphatic rings. The molecule has 1 saturated heterocycles. The van der Waals surface area contributed by atoms with Gasteiger partial charge in [0.2, 0.25) is 17.7 Å². The fraction of sp³-hybridized carbons (Fsp3) is 0.333. The third-order valence-electron chi connectivity index (χ3n) is 7.41. The first-order valence-electron chi connectivity index (χ1n) is 13.6. The highest BCUT2D eigenvalue weighted by Crippen LogP contribution is 2.32. The molecule has 9 N–H and O–H groups in total. The van der Waals surface area contributed by atoms with Crippen LogP contribution in [0.2, 0.25) is 10.0 Å². The number of hydrogen-bond acceptors (Lipinski definition) is 6. The fourth-order valence-corrected chi connectivity index (χ4v) is 5.82. The minimum absolute atomic E-state index is 0. The zero-order chi connectivity index (χ0) is 30.2. The first kappa shape index (κ1) is 46.3. The van der Waals surface area contributed by atoms with Crippen molar-refractivity contribution in [1.29, 1.82) is 0 Å². The molecule has 1 aromatic heterocycles. The third-order valence-corrected chi connectivity index (χ3v) is 8.01. The number of nitrogens with two attached hydrogens (primary N) is 2. The molecule has 0 aliphatic carbocycles. The van der Waals surface area contributed by atoms with Gasteiger partial charge in [0.05, 0.1) is 22.3 Å². The molecule has 2 unspecified atom stereocenters. The quantitative estimate of drug-likeness (QED) is 0.236. The van der Waals surface area contributed by atoms with Crippen molar-refractivity contribution in [2.24, 2.45) is 11.5 Å². The number of hydrogen-bond donors (Lipinski definition) is 3. The molecule has 0 saturated carbocycles. The van der Waals surface area contributed by atoms with Crippen LogP contribution in [-0.4, -0.2) is 82.2 Å². The Labute approximate surface area is 301 Å². The predicted molar refractivity (Wildman–Crippen MR) is 190 cm³/mol. The van der Waals surface area contributed by atoms with E-state index in [9.17, 15) is 18.8 Å². The van der Waals surface area contributed by atoms with Crippen molar-refractivity contribution >= 4 is 83.8 Å². The highest BCUT2D eigenvalue weighted by molar-refractivity contribution is 6.40. The summed E-state index contributed by atoms with van der Waals surface area (Å²) in [5.41, 5.74) is 13.4. The number of carbonyl (C=O) groups excluding carboxylic acids is 3. The van der Waals surface area contributed by atoms with E-state index in [4.69, 9.17) is 34.7 Å². The van der Waals surface area contributed by atoms with Crippen molar-refractivity contribution in [2.75, 3.05) is 38.0 Å². The number of rotatable bonds is 12. The summed E-state index contributed by atoms with van der Waals surface area (Å²) in [4.78, 5) is 44.7. The number of aromatic nitrogens is 1. The molecule has 17 heteroatoms. The molecule has 4 rings (SSSR count). The number of nitrogens with one attached hydrogen (secondary N) is 1. The van der Waals surface area contributed by atoms with Crippen LogP contribution in [0.1, 0.15) is 46.7 Å². The van der Waals surface area contributed by atoms with Crippen LogP contribution < -0.4 is 16.8 Å². The smallest absolute Gasteiger partial charge is 0.248 e. The number of benzene rings is 2. The number of pyridine rings is 1. The molecule has 1 fully saturated rings. The number of halogens is 6. The van der Waals surface area contributed by atoms with Crippen LogP contribution in [-0.2, 0) is 9.59 Å². The van der Waals surface area contributed by atoms with Crippen molar-refractivity contribution < 1.29 is 29.7 Å². The molecule has 2 heterocycles. The molecule has 2 atom stereocenters. The molecule has 1 aliphatic heterocycles. The standard InChI is InChI=1S/C30H33Cl2FN6O3.3ClH.2H2O/c31-24-14-21(29(34)41)15-25(32)28(24)37-27(40)18-38-12-13-39(26(17-38)30(35)42)11-2-1-5-23(20-4-3-10-36-16-20)19-6-8-22(33)9-7-19;;;;;/h3-4,6-10,14-16,23,26H,1-2,5,11-13,17-18H2,(H2,34,41)(H2,35,42)(H,37,40);3*1H;2*1H2. The van der Waals surface area contributed by atoms with Gasteiger partial charge in [0.1, 0.15) is 11.9 Å². The van der Waals surface area contributed by atoms with E-state index in [2.05, 4.69) is 15.2 Å². The van der Waals surface area contributed by atoms with Gasteiger partial charge in [-0.15, -0.1) is 37.2 Å². The Bertz CT molecular complexity index is 1410. The molecular weight excluding hydrogens is 721 g/mol. The Morgan fingerprint density at radius 1 is 0.957 bits per heavy atom. The Morgan fingerprint density at radius 3 is 2.15 bits per heavy atom. The monoisotopic (exact) mass is 758 g/mol. The Hall–Kier alpha value is -2.78. The van der Waals surface area contributed by atoms with Crippen molar-refractivity contribution in [3.05, 3.63) is 93.5 Å². The summed E-state index contributed by atoms with van der Waals surface area (Å²) in [5, 5.41) is 2.86. The van der Waals surface area contributed by atoms with E-state index in [0.29, 0.717) is 26.2 Å². The molecular formula is C30H40Cl5FN6O5. The van der Waals surface area contributed by atoms with Crippen molar-refractivity contribution in [1.82, 2.24) is 14.8 Å². The lowest BCUT2D eigenvalue weighted by atomic mass is 9.88. The molecule has 0 radical (unpaired) electrons. The van der Waals surface area contributed by atoms with Gasteiger partial charge in [-0.1, -0.05) is 47.8 Å². The van der Waals surface area contributed by atoms with E-state index in [1.54, 1.807) is 6.20 Å². The van der Waals surface area contributed by atoms with Gasteiger partial charge < -0.3 is 27.7 Å². The molecule has 11 nitrogen and oxygen atoms in total. The average Bonchev–Trinajstić information content (AvgIpc) is 2.96. The number of carbonyl (C=O) groups is 3. The minimum Gasteiger partial charge on any atom is -0.412 e. The van der Waals surface area contributed by atoms with E-state index in [-0.39, 0.29) is 93.7 Å². The molecule has 3 amide bonds. The maximum Gasteiger partial charge on any atom is 0.248 e. The lowest BCUT2D eigenvalue weighted by molar-refractivity contribution is -0.127. The van der Waals surface area contributed by atoms with Crippen LogP contribution in [0.15, 0.2) is 60.9 Å². The first-order valence-corrected chi connectivity index (χ1v) is 14.4. The summed E-state index contributed by atoms with van der Waals surface area (Å²) in [6.45, 7) is 2.12. The molecule has 3 aromatic rings. The lowest BCUT2D eigenvalue weighted by Crippen LogP contribution is -2.59. The van der Waals surface area contributed by atoms with Crippen molar-refractivity contribution in [3.63, 3.8) is 0 Å². The normalized spacial score (nSPS) is 14.8. The van der Waals surface area contributed by atoms with E-state index in [0.717, 1.165) is 30.4 Å².